The van der Waals surface area contributed by atoms with Crippen LogP contribution in [0.25, 0.3) is 0 Å². The Balaban J connectivity index is 2.12. The number of hydrogen-bond donors (Lipinski definition) is 0. The van der Waals surface area contributed by atoms with Crippen LogP contribution in [0, 0.1) is 6.92 Å². The molecular formula is C12H16N2O2S2. The van der Waals surface area contributed by atoms with E-state index >= 15 is 0 Å². The molecule has 2 aromatic rings. The van der Waals surface area contributed by atoms with Gasteiger partial charge in [0.2, 0.25) is 0 Å². The van der Waals surface area contributed by atoms with E-state index in [2.05, 4.69) is 30.9 Å². The molecule has 0 spiro atoms. The quantitative estimate of drug-likeness (QED) is 0.869. The molecule has 18 heavy (non-hydrogen) atoms. The Morgan fingerprint density at radius 1 is 1.44 bits per heavy atom. The molecule has 2 heterocycles. The van der Waals surface area contributed by atoms with Crippen LogP contribution in [0.3, 0.4) is 0 Å². The molecular weight excluding hydrogens is 268 g/mol. The monoisotopic (exact) mass is 284 g/mol. The zero-order valence-corrected chi connectivity index (χ0v) is 12.5. The van der Waals surface area contributed by atoms with Crippen LogP contribution in [0.1, 0.15) is 37.1 Å². The minimum absolute atomic E-state index is 0.0462. The van der Waals surface area contributed by atoms with Crippen LogP contribution in [-0.4, -0.2) is 14.3 Å². The summed E-state index contributed by atoms with van der Waals surface area (Å²) in [6.07, 6.45) is 1.81. The molecule has 6 heteroatoms. The minimum Gasteiger partial charge on any atom is -0.361 e. The average molecular weight is 284 g/mol. The highest BCUT2D eigenvalue weighted by Crippen LogP contribution is 2.29. The summed E-state index contributed by atoms with van der Waals surface area (Å²) in [5.41, 5.74) is 0.753. The van der Waals surface area contributed by atoms with Gasteiger partial charge in [-0.05, 0) is 12.3 Å². The van der Waals surface area contributed by atoms with Crippen LogP contribution in [0.5, 0.6) is 0 Å². The van der Waals surface area contributed by atoms with Gasteiger partial charge in [0, 0.05) is 17.1 Å². The normalized spacial score (nSPS) is 13.8. The van der Waals surface area contributed by atoms with Crippen LogP contribution in [0.15, 0.2) is 21.1 Å². The molecule has 0 aliphatic rings. The molecule has 4 nitrogen and oxygen atoms in total. The lowest BCUT2D eigenvalue weighted by atomic mass is 9.96. The fourth-order valence-corrected chi connectivity index (χ4v) is 3.61. The van der Waals surface area contributed by atoms with Crippen molar-refractivity contribution in [2.75, 3.05) is 0 Å². The van der Waals surface area contributed by atoms with Gasteiger partial charge in [0.1, 0.15) is 5.76 Å². The first-order valence-corrected chi connectivity index (χ1v) is 7.76. The third-order valence-electron chi connectivity index (χ3n) is 2.37. The van der Waals surface area contributed by atoms with E-state index in [1.807, 2.05) is 13.1 Å². The van der Waals surface area contributed by atoms with Gasteiger partial charge in [-0.3, -0.25) is 4.21 Å². The second-order valence-corrected chi connectivity index (χ2v) is 7.81. The van der Waals surface area contributed by atoms with Gasteiger partial charge in [0.05, 0.1) is 22.2 Å². The standard InChI is InChI=1S/C12H16N2O2S2/c1-8-5-9(14-16-8)7-18(15)11-13-6-10(17-11)12(2,3)4/h5-6H,7H2,1-4H3. The Bertz CT molecular complexity index is 567. The van der Waals surface area contributed by atoms with Crippen molar-refractivity contribution in [3.63, 3.8) is 0 Å². The second-order valence-electron chi connectivity index (χ2n) is 5.16. The summed E-state index contributed by atoms with van der Waals surface area (Å²) in [5, 5.41) is 3.85. The molecule has 0 aliphatic carbocycles. The van der Waals surface area contributed by atoms with E-state index in [-0.39, 0.29) is 5.41 Å². The number of aromatic nitrogens is 2. The number of aryl methyl sites for hydroxylation is 1. The zero-order chi connectivity index (χ0) is 13.3. The Kier molecular flexibility index (Phi) is 3.68. The summed E-state index contributed by atoms with van der Waals surface area (Å²) in [6.45, 7) is 8.18. The third-order valence-corrected chi connectivity index (χ3v) is 5.45. The van der Waals surface area contributed by atoms with Crippen LogP contribution in [-0.2, 0) is 22.0 Å². The van der Waals surface area contributed by atoms with Crippen molar-refractivity contribution in [1.82, 2.24) is 10.1 Å². The third kappa shape index (κ3) is 3.05. The van der Waals surface area contributed by atoms with E-state index in [0.717, 1.165) is 10.6 Å². The van der Waals surface area contributed by atoms with Gasteiger partial charge in [0.15, 0.2) is 4.34 Å². The number of nitrogens with zero attached hydrogens (tertiary/aromatic N) is 2. The number of rotatable bonds is 3. The van der Waals surface area contributed by atoms with Crippen molar-refractivity contribution in [3.8, 4) is 0 Å². The lowest BCUT2D eigenvalue weighted by Gasteiger charge is -2.14. The summed E-state index contributed by atoms with van der Waals surface area (Å²) in [4.78, 5) is 5.39. The van der Waals surface area contributed by atoms with Gasteiger partial charge in [-0.2, -0.15) is 0 Å². The largest absolute Gasteiger partial charge is 0.361 e. The summed E-state index contributed by atoms with van der Waals surface area (Å²) in [7, 11) is -1.15. The molecule has 0 bridgehead atoms. The van der Waals surface area contributed by atoms with Crippen molar-refractivity contribution in [1.29, 1.82) is 0 Å². The first kappa shape index (κ1) is 13.4. The van der Waals surface area contributed by atoms with Crippen LogP contribution >= 0.6 is 11.3 Å². The van der Waals surface area contributed by atoms with E-state index in [1.54, 1.807) is 6.07 Å². The molecule has 1 atom stereocenters. The topological polar surface area (TPSA) is 56.0 Å². The predicted molar refractivity (Wildman–Crippen MR) is 72.2 cm³/mol. The Morgan fingerprint density at radius 3 is 2.67 bits per heavy atom. The van der Waals surface area contributed by atoms with E-state index in [0.29, 0.717) is 15.8 Å². The molecule has 0 saturated carbocycles. The first-order chi connectivity index (χ1) is 8.36. The van der Waals surface area contributed by atoms with Crippen molar-refractivity contribution in [2.24, 2.45) is 0 Å². The average Bonchev–Trinajstić information content (AvgIpc) is 2.85. The highest BCUT2D eigenvalue weighted by Gasteiger charge is 2.19. The first-order valence-electron chi connectivity index (χ1n) is 5.63. The molecule has 0 amide bonds. The van der Waals surface area contributed by atoms with E-state index in [1.165, 1.54) is 11.3 Å². The summed E-state index contributed by atoms with van der Waals surface area (Å²) >= 11 is 1.50. The second kappa shape index (κ2) is 4.93. The highest BCUT2D eigenvalue weighted by atomic mass is 32.2. The van der Waals surface area contributed by atoms with E-state index in [4.69, 9.17) is 4.52 Å². The van der Waals surface area contributed by atoms with Crippen molar-refractivity contribution >= 4 is 22.1 Å². The Morgan fingerprint density at radius 2 is 2.17 bits per heavy atom. The maximum Gasteiger partial charge on any atom is 0.181 e. The van der Waals surface area contributed by atoms with Crippen molar-refractivity contribution in [2.45, 2.75) is 43.2 Å². The van der Waals surface area contributed by atoms with Crippen molar-refractivity contribution in [3.05, 3.63) is 28.6 Å². The van der Waals surface area contributed by atoms with Crippen LogP contribution in [0.2, 0.25) is 0 Å². The molecule has 0 fully saturated rings. The van der Waals surface area contributed by atoms with E-state index in [9.17, 15) is 4.21 Å². The fourth-order valence-electron chi connectivity index (χ4n) is 1.39. The Labute approximate surface area is 113 Å². The molecule has 2 aromatic heterocycles. The molecule has 2 rings (SSSR count). The fraction of sp³-hybridized carbons (Fsp3) is 0.500. The van der Waals surface area contributed by atoms with Gasteiger partial charge in [-0.25, -0.2) is 4.98 Å². The smallest absolute Gasteiger partial charge is 0.181 e. The molecule has 0 N–H and O–H groups in total. The van der Waals surface area contributed by atoms with Gasteiger partial charge in [-0.15, -0.1) is 11.3 Å². The summed E-state index contributed by atoms with van der Waals surface area (Å²) in [5.74, 6) is 1.09. The van der Waals surface area contributed by atoms with E-state index < -0.39 is 10.8 Å². The molecule has 98 valence electrons. The zero-order valence-electron chi connectivity index (χ0n) is 10.9. The lowest BCUT2D eigenvalue weighted by Crippen LogP contribution is -2.07. The van der Waals surface area contributed by atoms with Gasteiger partial charge < -0.3 is 4.52 Å². The molecule has 0 saturated heterocycles. The van der Waals surface area contributed by atoms with Crippen molar-refractivity contribution < 1.29 is 8.73 Å². The Hall–Kier alpha value is -1.01. The predicted octanol–water partition coefficient (Wildman–Crippen LogP) is 3.04. The summed E-state index contributed by atoms with van der Waals surface area (Å²) < 4.78 is 17.8. The molecule has 0 aromatic carbocycles. The minimum atomic E-state index is -1.15. The summed E-state index contributed by atoms with van der Waals surface area (Å²) in [6, 6.07) is 1.80. The van der Waals surface area contributed by atoms with Gasteiger partial charge in [0.25, 0.3) is 0 Å². The SMILES string of the molecule is Cc1cc(CS(=O)c2ncc(C(C)(C)C)s2)no1. The van der Waals surface area contributed by atoms with Gasteiger partial charge >= 0.3 is 0 Å². The number of thiazole rings is 1. The van der Waals surface area contributed by atoms with Crippen LogP contribution < -0.4 is 0 Å². The highest BCUT2D eigenvalue weighted by molar-refractivity contribution is 7.86. The van der Waals surface area contributed by atoms with Gasteiger partial charge in [-0.1, -0.05) is 25.9 Å². The van der Waals surface area contributed by atoms with Crippen LogP contribution in [0.4, 0.5) is 0 Å². The maximum atomic E-state index is 12.1. The maximum absolute atomic E-state index is 12.1. The molecule has 0 radical (unpaired) electrons. The molecule has 1 unspecified atom stereocenters. The molecule has 0 aliphatic heterocycles. The number of hydrogen-bond acceptors (Lipinski definition) is 5. The lowest BCUT2D eigenvalue weighted by molar-refractivity contribution is 0.392.